The lowest BCUT2D eigenvalue weighted by Crippen LogP contribution is -2.50. The van der Waals surface area contributed by atoms with Crippen molar-refractivity contribution >= 4 is 6.08 Å². The Kier molecular flexibility index (Phi) is 6.53. The summed E-state index contributed by atoms with van der Waals surface area (Å²) < 4.78 is 5.55. The summed E-state index contributed by atoms with van der Waals surface area (Å²) in [4.78, 5) is 4.95. The minimum absolute atomic E-state index is 0.286. The second-order valence-electron chi connectivity index (χ2n) is 8.95. The smallest absolute Gasteiger partial charge is 0.126 e. The zero-order valence-electron chi connectivity index (χ0n) is 17.6. The van der Waals surface area contributed by atoms with Crippen molar-refractivity contribution in [3.8, 4) is 0 Å². The third-order valence-corrected chi connectivity index (χ3v) is 6.66. The van der Waals surface area contributed by atoms with Crippen LogP contribution in [0.15, 0.2) is 58.7 Å². The Morgan fingerprint density at radius 2 is 1.90 bits per heavy atom. The number of hydrogen-bond acceptors (Lipinski definition) is 4. The van der Waals surface area contributed by atoms with Crippen LogP contribution in [0.25, 0.3) is 6.08 Å². The van der Waals surface area contributed by atoms with E-state index in [2.05, 4.69) is 47.2 Å². The van der Waals surface area contributed by atoms with Crippen molar-refractivity contribution < 1.29 is 9.52 Å². The molecule has 0 amide bonds. The number of furan rings is 1. The van der Waals surface area contributed by atoms with E-state index in [-0.39, 0.29) is 5.92 Å². The summed E-state index contributed by atoms with van der Waals surface area (Å²) in [6.45, 7) is 5.43. The summed E-state index contributed by atoms with van der Waals surface area (Å²) in [6.07, 6.45) is 8.54. The Balaban J connectivity index is 1.56. The Hall–Kier alpha value is -1.88. The summed E-state index contributed by atoms with van der Waals surface area (Å²) in [5.41, 5.74) is 1.80. The second-order valence-corrected chi connectivity index (χ2v) is 8.95. The first-order valence-corrected chi connectivity index (χ1v) is 11.0. The van der Waals surface area contributed by atoms with Gasteiger partial charge >= 0.3 is 0 Å². The molecule has 4 heteroatoms. The number of hydrogen-bond donors (Lipinski definition) is 1. The van der Waals surface area contributed by atoms with Crippen LogP contribution in [0.4, 0.5) is 0 Å². The average molecular weight is 395 g/mol. The lowest BCUT2D eigenvalue weighted by molar-refractivity contribution is -0.0347. The second kappa shape index (κ2) is 9.29. The topological polar surface area (TPSA) is 39.9 Å². The van der Waals surface area contributed by atoms with Gasteiger partial charge in [-0.15, -0.1) is 0 Å². The molecule has 2 fully saturated rings. The van der Waals surface area contributed by atoms with Crippen LogP contribution in [-0.2, 0) is 6.42 Å². The maximum absolute atomic E-state index is 12.0. The van der Waals surface area contributed by atoms with Crippen LogP contribution < -0.4 is 0 Å². The Morgan fingerprint density at radius 1 is 1.10 bits per heavy atom. The summed E-state index contributed by atoms with van der Waals surface area (Å²) >= 11 is 0. The molecule has 4 rings (SSSR count). The monoisotopic (exact) mass is 394 g/mol. The van der Waals surface area contributed by atoms with Gasteiger partial charge in [0.1, 0.15) is 5.76 Å². The van der Waals surface area contributed by atoms with Gasteiger partial charge in [-0.3, -0.25) is 0 Å². The van der Waals surface area contributed by atoms with Crippen LogP contribution in [0.1, 0.15) is 37.0 Å². The highest BCUT2D eigenvalue weighted by Gasteiger charge is 2.40. The van der Waals surface area contributed by atoms with Crippen LogP contribution >= 0.6 is 0 Å². The third-order valence-electron chi connectivity index (χ3n) is 6.66. The van der Waals surface area contributed by atoms with Crippen LogP contribution in [0.2, 0.25) is 0 Å². The predicted molar refractivity (Wildman–Crippen MR) is 118 cm³/mol. The largest absolute Gasteiger partial charge is 0.465 e. The van der Waals surface area contributed by atoms with Gasteiger partial charge in [0, 0.05) is 45.1 Å². The van der Waals surface area contributed by atoms with E-state index in [1.165, 1.54) is 11.1 Å². The fourth-order valence-corrected chi connectivity index (χ4v) is 4.93. The van der Waals surface area contributed by atoms with E-state index in [0.29, 0.717) is 6.42 Å². The fourth-order valence-electron chi connectivity index (χ4n) is 4.93. The molecule has 0 spiro atoms. The van der Waals surface area contributed by atoms with Gasteiger partial charge in [0.05, 0.1) is 11.9 Å². The van der Waals surface area contributed by atoms with E-state index in [9.17, 15) is 5.11 Å². The minimum atomic E-state index is -0.723. The van der Waals surface area contributed by atoms with Gasteiger partial charge in [0.15, 0.2) is 0 Å². The number of nitrogens with zero attached hydrogens (tertiary/aromatic N) is 2. The lowest BCUT2D eigenvalue weighted by Gasteiger charge is -2.41. The molecule has 156 valence electrons. The molecular formula is C25H34N2O2. The number of piperazine rings is 1. The standard InChI is InChI=1S/C25H34N2O2/c1-26-12-14-27(15-13-26)20-23-10-5-9-22(17-24-11-6-16-29-24)19-25(23,28)18-21-7-3-2-4-8-21/h2-4,6-8,11,16-17,23,28H,5,9-10,12-15,18-20H2,1H3/b22-17-. The zero-order valence-corrected chi connectivity index (χ0v) is 17.6. The summed E-state index contributed by atoms with van der Waals surface area (Å²) in [6, 6.07) is 14.4. The van der Waals surface area contributed by atoms with E-state index in [0.717, 1.165) is 64.2 Å². The molecule has 1 aromatic carbocycles. The predicted octanol–water partition coefficient (Wildman–Crippen LogP) is 4.07. The zero-order chi connectivity index (χ0) is 20.1. The molecule has 1 N–H and O–H groups in total. The van der Waals surface area contributed by atoms with Gasteiger partial charge in [-0.1, -0.05) is 35.9 Å². The minimum Gasteiger partial charge on any atom is -0.465 e. The van der Waals surface area contributed by atoms with Crippen molar-refractivity contribution in [1.29, 1.82) is 0 Å². The normalized spacial score (nSPS) is 28.5. The molecule has 2 heterocycles. The molecule has 2 aromatic rings. The fraction of sp³-hybridized carbons (Fsp3) is 0.520. The maximum Gasteiger partial charge on any atom is 0.126 e. The van der Waals surface area contributed by atoms with Crippen LogP contribution in [0.5, 0.6) is 0 Å². The summed E-state index contributed by atoms with van der Waals surface area (Å²) in [5, 5.41) is 12.0. The molecule has 1 aliphatic heterocycles. The van der Waals surface area contributed by atoms with Crippen molar-refractivity contribution in [3.63, 3.8) is 0 Å². The lowest BCUT2D eigenvalue weighted by atomic mass is 9.77. The van der Waals surface area contributed by atoms with Gasteiger partial charge in [-0.05, 0) is 56.5 Å². The van der Waals surface area contributed by atoms with E-state index in [1.807, 2.05) is 18.2 Å². The van der Waals surface area contributed by atoms with Gasteiger partial charge in [0.2, 0.25) is 0 Å². The van der Waals surface area contributed by atoms with Crippen LogP contribution in [-0.4, -0.2) is 60.3 Å². The number of benzene rings is 1. The molecule has 0 radical (unpaired) electrons. The van der Waals surface area contributed by atoms with Crippen molar-refractivity contribution in [3.05, 3.63) is 65.6 Å². The molecule has 1 saturated carbocycles. The highest BCUT2D eigenvalue weighted by atomic mass is 16.3. The maximum atomic E-state index is 12.0. The molecule has 2 unspecified atom stereocenters. The quantitative estimate of drug-likeness (QED) is 0.776. The van der Waals surface area contributed by atoms with Gasteiger partial charge in [0.25, 0.3) is 0 Å². The SMILES string of the molecule is CN1CCN(CC2CCC/C(=C/c3ccco3)CC2(O)Cc2ccccc2)CC1. The van der Waals surface area contributed by atoms with E-state index >= 15 is 0 Å². The van der Waals surface area contributed by atoms with Crippen LogP contribution in [0, 0.1) is 5.92 Å². The van der Waals surface area contributed by atoms with E-state index in [4.69, 9.17) is 4.42 Å². The highest BCUT2D eigenvalue weighted by Crippen LogP contribution is 2.39. The first kappa shape index (κ1) is 20.4. The molecule has 2 aliphatic rings. The highest BCUT2D eigenvalue weighted by molar-refractivity contribution is 5.48. The molecule has 29 heavy (non-hydrogen) atoms. The Bertz CT molecular complexity index is 778. The van der Waals surface area contributed by atoms with E-state index in [1.54, 1.807) is 6.26 Å². The van der Waals surface area contributed by atoms with Crippen molar-refractivity contribution in [1.82, 2.24) is 9.80 Å². The molecule has 0 bridgehead atoms. The van der Waals surface area contributed by atoms with Gasteiger partial charge < -0.3 is 19.3 Å². The molecule has 1 aromatic heterocycles. The molecule has 4 nitrogen and oxygen atoms in total. The molecular weight excluding hydrogens is 360 g/mol. The Morgan fingerprint density at radius 3 is 2.62 bits per heavy atom. The third kappa shape index (κ3) is 5.39. The van der Waals surface area contributed by atoms with Gasteiger partial charge in [-0.2, -0.15) is 0 Å². The molecule has 2 atom stereocenters. The molecule has 1 saturated heterocycles. The van der Waals surface area contributed by atoms with Crippen molar-refractivity contribution in [2.45, 2.75) is 37.7 Å². The Labute approximate surface area is 174 Å². The first-order valence-electron chi connectivity index (χ1n) is 11.0. The van der Waals surface area contributed by atoms with Gasteiger partial charge in [-0.25, -0.2) is 0 Å². The summed E-state index contributed by atoms with van der Waals surface area (Å²) in [7, 11) is 2.19. The summed E-state index contributed by atoms with van der Waals surface area (Å²) in [5.74, 6) is 1.17. The number of aliphatic hydroxyl groups is 1. The first-order chi connectivity index (χ1) is 14.1. The van der Waals surface area contributed by atoms with Crippen LogP contribution in [0.3, 0.4) is 0 Å². The van der Waals surface area contributed by atoms with Crippen molar-refractivity contribution in [2.24, 2.45) is 5.92 Å². The molecule has 1 aliphatic carbocycles. The number of rotatable bonds is 5. The van der Waals surface area contributed by atoms with E-state index < -0.39 is 5.60 Å². The average Bonchev–Trinajstić information content (AvgIpc) is 3.17. The number of likely N-dealkylation sites (N-methyl/N-ethyl adjacent to an activating group) is 1. The van der Waals surface area contributed by atoms with Crippen molar-refractivity contribution in [2.75, 3.05) is 39.8 Å².